The van der Waals surface area contributed by atoms with Gasteiger partial charge < -0.3 is 19.3 Å². The zero-order chi connectivity index (χ0) is 23.0. The third-order valence-corrected chi connectivity index (χ3v) is 7.84. The summed E-state index contributed by atoms with van der Waals surface area (Å²) in [6, 6.07) is 9.68. The van der Waals surface area contributed by atoms with Crippen LogP contribution in [0.4, 0.5) is 5.69 Å². The van der Waals surface area contributed by atoms with Crippen LogP contribution in [0.5, 0.6) is 11.5 Å². The molecule has 33 heavy (non-hydrogen) atoms. The molecule has 1 saturated heterocycles. The van der Waals surface area contributed by atoms with Crippen LogP contribution in [0.3, 0.4) is 0 Å². The number of ether oxygens (including phenoxy) is 2. The molecule has 2 aliphatic heterocycles. The van der Waals surface area contributed by atoms with Crippen molar-refractivity contribution in [1.82, 2.24) is 9.80 Å². The minimum Gasteiger partial charge on any atom is -0.454 e. The van der Waals surface area contributed by atoms with Crippen LogP contribution in [0.25, 0.3) is 0 Å². The first-order chi connectivity index (χ1) is 15.9. The van der Waals surface area contributed by atoms with Crippen molar-refractivity contribution in [2.24, 2.45) is 5.92 Å². The molecule has 1 N–H and O–H groups in total. The molecule has 0 spiro atoms. The predicted molar refractivity (Wildman–Crippen MR) is 124 cm³/mol. The fourth-order valence-electron chi connectivity index (χ4n) is 4.32. The van der Waals surface area contributed by atoms with Gasteiger partial charge >= 0.3 is 0 Å². The maximum absolute atomic E-state index is 13.2. The summed E-state index contributed by atoms with van der Waals surface area (Å²) >= 11 is 0. The quantitative estimate of drug-likeness (QED) is 0.697. The molecule has 2 aromatic rings. The highest BCUT2D eigenvalue weighted by molar-refractivity contribution is 7.92. The van der Waals surface area contributed by atoms with Gasteiger partial charge in [0.1, 0.15) is 0 Å². The van der Waals surface area contributed by atoms with E-state index < -0.39 is 10.0 Å². The van der Waals surface area contributed by atoms with Gasteiger partial charge in [0.05, 0.1) is 10.6 Å². The first-order valence-corrected chi connectivity index (χ1v) is 12.9. The fourth-order valence-corrected chi connectivity index (χ4v) is 5.45. The normalized spacial score (nSPS) is 18.8. The molecule has 2 aromatic carbocycles. The van der Waals surface area contributed by atoms with Crippen LogP contribution >= 0.6 is 0 Å². The maximum Gasteiger partial charge on any atom is 0.262 e. The van der Waals surface area contributed by atoms with E-state index in [1.807, 2.05) is 11.8 Å². The average molecular weight is 472 g/mol. The predicted octanol–water partition coefficient (Wildman–Crippen LogP) is 3.08. The molecule has 8 nitrogen and oxygen atoms in total. The number of rotatable bonds is 6. The van der Waals surface area contributed by atoms with Gasteiger partial charge in [-0.3, -0.25) is 9.52 Å². The number of fused-ring (bicyclic) bond motifs is 1. The third-order valence-electron chi connectivity index (χ3n) is 6.47. The molecule has 1 aliphatic carbocycles. The van der Waals surface area contributed by atoms with Crippen LogP contribution in [0.1, 0.15) is 35.2 Å². The minimum atomic E-state index is -3.86. The second-order valence-corrected chi connectivity index (χ2v) is 10.7. The molecule has 2 heterocycles. The molecular weight excluding hydrogens is 442 g/mol. The lowest BCUT2D eigenvalue weighted by atomic mass is 10.1. The Morgan fingerprint density at radius 3 is 2.67 bits per heavy atom. The summed E-state index contributed by atoms with van der Waals surface area (Å²) in [5.41, 5.74) is 1.62. The summed E-state index contributed by atoms with van der Waals surface area (Å²) in [6.07, 6.45) is 3.61. The molecule has 0 aromatic heterocycles. The van der Waals surface area contributed by atoms with Crippen LogP contribution in [-0.2, 0) is 10.0 Å². The Bertz CT molecular complexity index is 1160. The van der Waals surface area contributed by atoms with Gasteiger partial charge in [0, 0.05) is 37.8 Å². The third kappa shape index (κ3) is 4.94. The molecule has 3 aliphatic rings. The van der Waals surface area contributed by atoms with Crippen molar-refractivity contribution in [2.45, 2.75) is 31.1 Å². The molecule has 176 valence electrons. The van der Waals surface area contributed by atoms with Crippen LogP contribution < -0.4 is 14.2 Å². The SMILES string of the molecule is Cc1ccc(C(=O)N2CCCN(CC3CC3)CC2)cc1NS(=O)(=O)c1ccc2c(c1)OCO2. The number of aryl methyl sites for hydroxylation is 1. The number of hydrogen-bond acceptors (Lipinski definition) is 6. The Morgan fingerprint density at radius 2 is 1.85 bits per heavy atom. The lowest BCUT2D eigenvalue weighted by molar-refractivity contribution is 0.0761. The molecule has 9 heteroatoms. The smallest absolute Gasteiger partial charge is 0.262 e. The Kier molecular flexibility index (Phi) is 5.92. The van der Waals surface area contributed by atoms with E-state index >= 15 is 0 Å². The minimum absolute atomic E-state index is 0.0631. The van der Waals surface area contributed by atoms with Gasteiger partial charge in [-0.15, -0.1) is 0 Å². The molecule has 2 fully saturated rings. The number of amides is 1. The summed E-state index contributed by atoms with van der Waals surface area (Å²) in [5, 5.41) is 0. The summed E-state index contributed by atoms with van der Waals surface area (Å²) in [4.78, 5) is 17.6. The molecule has 5 rings (SSSR count). The Morgan fingerprint density at radius 1 is 1.03 bits per heavy atom. The van der Waals surface area contributed by atoms with E-state index in [0.29, 0.717) is 35.8 Å². The topological polar surface area (TPSA) is 88.2 Å². The van der Waals surface area contributed by atoms with Gasteiger partial charge in [-0.2, -0.15) is 0 Å². The van der Waals surface area contributed by atoms with Gasteiger partial charge in [0.2, 0.25) is 6.79 Å². The second kappa shape index (κ2) is 8.87. The van der Waals surface area contributed by atoms with E-state index in [0.717, 1.165) is 37.5 Å². The Labute approximate surface area is 194 Å². The van der Waals surface area contributed by atoms with Gasteiger partial charge in [0.25, 0.3) is 15.9 Å². The zero-order valence-electron chi connectivity index (χ0n) is 18.7. The monoisotopic (exact) mass is 471 g/mol. The van der Waals surface area contributed by atoms with Crippen molar-refractivity contribution in [3.63, 3.8) is 0 Å². The van der Waals surface area contributed by atoms with Crippen molar-refractivity contribution in [3.05, 3.63) is 47.5 Å². The molecule has 0 atom stereocenters. The maximum atomic E-state index is 13.2. The summed E-state index contributed by atoms with van der Waals surface area (Å²) in [6.45, 7) is 6.34. The summed E-state index contributed by atoms with van der Waals surface area (Å²) < 4.78 is 39.2. The largest absolute Gasteiger partial charge is 0.454 e. The van der Waals surface area contributed by atoms with E-state index in [1.54, 1.807) is 24.3 Å². The van der Waals surface area contributed by atoms with Crippen molar-refractivity contribution in [2.75, 3.05) is 44.2 Å². The van der Waals surface area contributed by atoms with Gasteiger partial charge in [0.15, 0.2) is 11.5 Å². The van der Waals surface area contributed by atoms with E-state index in [9.17, 15) is 13.2 Å². The van der Waals surface area contributed by atoms with Crippen molar-refractivity contribution >= 4 is 21.6 Å². The van der Waals surface area contributed by atoms with Crippen molar-refractivity contribution < 1.29 is 22.7 Å². The zero-order valence-corrected chi connectivity index (χ0v) is 19.6. The lowest BCUT2D eigenvalue weighted by Gasteiger charge is -2.22. The van der Waals surface area contributed by atoms with Crippen LogP contribution in [0.15, 0.2) is 41.3 Å². The number of sulfonamides is 1. The van der Waals surface area contributed by atoms with Gasteiger partial charge in [-0.25, -0.2) is 8.42 Å². The van der Waals surface area contributed by atoms with Crippen LogP contribution in [0, 0.1) is 12.8 Å². The number of carbonyl (C=O) groups is 1. The number of nitrogens with one attached hydrogen (secondary N) is 1. The number of hydrogen-bond donors (Lipinski definition) is 1. The van der Waals surface area contributed by atoms with Crippen LogP contribution in [0.2, 0.25) is 0 Å². The second-order valence-electron chi connectivity index (χ2n) is 9.04. The highest BCUT2D eigenvalue weighted by Crippen LogP contribution is 2.34. The molecule has 1 saturated carbocycles. The Hall–Kier alpha value is -2.78. The highest BCUT2D eigenvalue weighted by Gasteiger charge is 2.27. The van der Waals surface area contributed by atoms with Crippen molar-refractivity contribution in [3.8, 4) is 11.5 Å². The standard InChI is InChI=1S/C24H29N3O5S/c1-17-3-6-19(24(28)27-10-2-9-26(11-12-27)15-18-4-5-18)13-21(17)25-33(29,30)20-7-8-22-23(14-20)32-16-31-22/h3,6-8,13-14,18,25H,2,4-5,9-12,15-16H2,1H3. The van der Waals surface area contributed by atoms with Crippen LogP contribution in [-0.4, -0.2) is 63.6 Å². The number of nitrogens with zero attached hydrogens (tertiary/aromatic N) is 2. The number of carbonyl (C=O) groups excluding carboxylic acids is 1. The number of benzene rings is 2. The molecule has 0 radical (unpaired) electrons. The molecule has 0 bridgehead atoms. The first kappa shape index (κ1) is 22.0. The Balaban J connectivity index is 1.31. The van der Waals surface area contributed by atoms with E-state index in [-0.39, 0.29) is 17.6 Å². The summed E-state index contributed by atoms with van der Waals surface area (Å²) in [5.74, 6) is 1.69. The van der Waals surface area contributed by atoms with Gasteiger partial charge in [-0.1, -0.05) is 6.07 Å². The molecular formula is C24H29N3O5S. The van der Waals surface area contributed by atoms with Gasteiger partial charge in [-0.05, 0) is 68.5 Å². The lowest BCUT2D eigenvalue weighted by Crippen LogP contribution is -2.35. The molecule has 1 amide bonds. The first-order valence-electron chi connectivity index (χ1n) is 11.4. The van der Waals surface area contributed by atoms with E-state index in [1.165, 1.54) is 25.0 Å². The summed E-state index contributed by atoms with van der Waals surface area (Å²) in [7, 11) is -3.86. The van der Waals surface area contributed by atoms with E-state index in [2.05, 4.69) is 9.62 Å². The van der Waals surface area contributed by atoms with E-state index in [4.69, 9.17) is 9.47 Å². The number of anilines is 1. The highest BCUT2D eigenvalue weighted by atomic mass is 32.2. The molecule has 0 unspecified atom stereocenters. The average Bonchev–Trinajstić information content (AvgIpc) is 3.54. The fraction of sp³-hybridized carbons (Fsp3) is 0.458. The van der Waals surface area contributed by atoms with Crippen molar-refractivity contribution in [1.29, 1.82) is 0 Å².